The molecule has 11 heteroatoms. The standard InChI is InChI=1S/C23H32BrN5O4Si/c1-5-6-9-33-23-27-18-16(12-15-7-8-17(22(30)31)26-13-15)20(24)29(19(18)21(25)28-23)14-32-10-11-34(2,3)4/h7-8,13H,5-6,9-12,14H2,1-4H3,(H,30,31)(H2,25,27,28). The van der Waals surface area contributed by atoms with Crippen molar-refractivity contribution >= 4 is 46.8 Å². The van der Waals surface area contributed by atoms with Gasteiger partial charge in [0, 0.05) is 32.9 Å². The molecule has 0 fully saturated rings. The lowest BCUT2D eigenvalue weighted by atomic mass is 10.1. The van der Waals surface area contributed by atoms with E-state index in [9.17, 15) is 4.79 Å². The van der Waals surface area contributed by atoms with E-state index in [0.29, 0.717) is 43.2 Å². The highest BCUT2D eigenvalue weighted by Crippen LogP contribution is 2.34. The number of halogens is 1. The number of nitrogen functional groups attached to an aromatic ring is 1. The summed E-state index contributed by atoms with van der Waals surface area (Å²) in [6.45, 7) is 10.5. The van der Waals surface area contributed by atoms with E-state index < -0.39 is 14.0 Å². The van der Waals surface area contributed by atoms with Crippen molar-refractivity contribution in [1.29, 1.82) is 0 Å². The summed E-state index contributed by atoms with van der Waals surface area (Å²) in [5.74, 6) is -0.745. The van der Waals surface area contributed by atoms with Crippen molar-refractivity contribution in [3.05, 3.63) is 39.8 Å². The van der Waals surface area contributed by atoms with Crippen LogP contribution in [0.4, 0.5) is 5.82 Å². The van der Waals surface area contributed by atoms with Gasteiger partial charge in [-0.3, -0.25) is 0 Å². The van der Waals surface area contributed by atoms with Gasteiger partial charge in [-0.1, -0.05) is 39.1 Å². The average molecular weight is 551 g/mol. The predicted octanol–water partition coefficient (Wildman–Crippen LogP) is 4.95. The van der Waals surface area contributed by atoms with Gasteiger partial charge in [0.1, 0.15) is 23.5 Å². The van der Waals surface area contributed by atoms with E-state index in [1.165, 1.54) is 6.07 Å². The molecule has 0 aliphatic heterocycles. The Labute approximate surface area is 208 Å². The van der Waals surface area contributed by atoms with E-state index in [1.807, 2.05) is 4.57 Å². The zero-order chi connectivity index (χ0) is 24.9. The number of ether oxygens (including phenoxy) is 2. The van der Waals surface area contributed by atoms with Gasteiger partial charge in [-0.25, -0.2) is 9.78 Å². The Morgan fingerprint density at radius 1 is 1.24 bits per heavy atom. The van der Waals surface area contributed by atoms with E-state index in [1.54, 1.807) is 12.3 Å². The normalized spacial score (nSPS) is 11.8. The van der Waals surface area contributed by atoms with Crippen LogP contribution in [0.5, 0.6) is 6.01 Å². The van der Waals surface area contributed by atoms with Crippen molar-refractivity contribution in [3.63, 3.8) is 0 Å². The molecule has 34 heavy (non-hydrogen) atoms. The number of nitrogens with zero attached hydrogens (tertiary/aromatic N) is 4. The molecule has 0 aliphatic rings. The van der Waals surface area contributed by atoms with Gasteiger partial charge in [0.15, 0.2) is 5.82 Å². The van der Waals surface area contributed by atoms with Crippen LogP contribution in [0.2, 0.25) is 25.7 Å². The summed E-state index contributed by atoms with van der Waals surface area (Å²) in [7, 11) is -1.22. The molecule has 0 amide bonds. The maximum absolute atomic E-state index is 11.1. The number of rotatable bonds is 12. The van der Waals surface area contributed by atoms with Crippen LogP contribution < -0.4 is 10.5 Å². The minimum absolute atomic E-state index is 0.000720. The van der Waals surface area contributed by atoms with Crippen LogP contribution in [-0.4, -0.2) is 51.9 Å². The van der Waals surface area contributed by atoms with E-state index in [4.69, 9.17) is 20.3 Å². The molecule has 0 aromatic carbocycles. The number of fused-ring (bicyclic) bond motifs is 1. The first-order valence-corrected chi connectivity index (χ1v) is 15.8. The van der Waals surface area contributed by atoms with Crippen molar-refractivity contribution < 1.29 is 19.4 Å². The molecular weight excluding hydrogens is 518 g/mol. The molecule has 0 saturated carbocycles. The third-order valence-corrected chi connectivity index (χ3v) is 7.91. The van der Waals surface area contributed by atoms with E-state index in [2.05, 4.69) is 57.4 Å². The third kappa shape index (κ3) is 6.54. The smallest absolute Gasteiger partial charge is 0.354 e. The number of hydrogen-bond donors (Lipinski definition) is 2. The maximum Gasteiger partial charge on any atom is 0.354 e. The Kier molecular flexibility index (Phi) is 8.66. The van der Waals surface area contributed by atoms with Gasteiger partial charge in [-0.2, -0.15) is 9.97 Å². The number of nitrogens with two attached hydrogens (primary N) is 1. The first-order valence-electron chi connectivity index (χ1n) is 11.3. The van der Waals surface area contributed by atoms with Gasteiger partial charge in [0.05, 0.1) is 11.2 Å². The quantitative estimate of drug-likeness (QED) is 0.240. The number of aromatic carboxylic acids is 1. The minimum atomic E-state index is -1.22. The summed E-state index contributed by atoms with van der Waals surface area (Å²) in [4.78, 5) is 24.2. The molecule has 0 aliphatic carbocycles. The Balaban J connectivity index is 1.98. The van der Waals surface area contributed by atoms with Gasteiger partial charge < -0.3 is 24.9 Å². The molecular formula is C23H32BrN5O4Si. The molecule has 3 rings (SSSR count). The summed E-state index contributed by atoms with van der Waals surface area (Å²) < 4.78 is 14.5. The molecule has 3 aromatic heterocycles. The molecule has 184 valence electrons. The van der Waals surface area contributed by atoms with Crippen molar-refractivity contribution in [2.24, 2.45) is 0 Å². The molecule has 0 radical (unpaired) electrons. The SMILES string of the molecule is CCCCOc1nc(N)c2c(n1)c(Cc1ccc(C(=O)O)nc1)c(Br)n2COCC[Si](C)(C)C. The molecule has 0 saturated heterocycles. The van der Waals surface area contributed by atoms with Gasteiger partial charge in [-0.15, -0.1) is 0 Å². The fraction of sp³-hybridized carbons (Fsp3) is 0.478. The lowest BCUT2D eigenvalue weighted by Gasteiger charge is -2.16. The fourth-order valence-corrected chi connectivity index (χ4v) is 4.69. The lowest BCUT2D eigenvalue weighted by Crippen LogP contribution is -2.22. The summed E-state index contributed by atoms with van der Waals surface area (Å²) in [6.07, 6.45) is 3.92. The monoisotopic (exact) mass is 549 g/mol. The fourth-order valence-electron chi connectivity index (χ4n) is 3.33. The van der Waals surface area contributed by atoms with E-state index in [-0.39, 0.29) is 11.7 Å². The number of carbonyl (C=O) groups is 1. The predicted molar refractivity (Wildman–Crippen MR) is 138 cm³/mol. The second-order valence-corrected chi connectivity index (χ2v) is 15.7. The van der Waals surface area contributed by atoms with Crippen molar-refractivity contribution in [2.45, 2.75) is 58.6 Å². The number of carboxylic acid groups (broad SMARTS) is 1. The number of pyridine rings is 1. The minimum Gasteiger partial charge on any atom is -0.477 e. The van der Waals surface area contributed by atoms with E-state index in [0.717, 1.165) is 34.6 Å². The first-order chi connectivity index (χ1) is 16.1. The van der Waals surface area contributed by atoms with Crippen LogP contribution in [-0.2, 0) is 17.9 Å². The molecule has 0 unspecified atom stereocenters. The van der Waals surface area contributed by atoms with Crippen LogP contribution in [0.1, 0.15) is 41.4 Å². The molecule has 0 bridgehead atoms. The number of carboxylic acids is 1. The van der Waals surface area contributed by atoms with E-state index >= 15 is 0 Å². The summed E-state index contributed by atoms with van der Waals surface area (Å²) in [5.41, 5.74) is 9.43. The van der Waals surface area contributed by atoms with Gasteiger partial charge >= 0.3 is 12.0 Å². The number of aromatic nitrogens is 4. The highest BCUT2D eigenvalue weighted by atomic mass is 79.9. The molecule has 0 spiro atoms. The van der Waals surface area contributed by atoms with Gasteiger partial charge in [0.2, 0.25) is 0 Å². The second kappa shape index (κ2) is 11.3. The average Bonchev–Trinajstić information content (AvgIpc) is 3.03. The molecule has 9 nitrogen and oxygen atoms in total. The molecule has 0 atom stereocenters. The third-order valence-electron chi connectivity index (χ3n) is 5.30. The van der Waals surface area contributed by atoms with Crippen molar-refractivity contribution in [1.82, 2.24) is 19.5 Å². The Morgan fingerprint density at radius 3 is 2.62 bits per heavy atom. The largest absolute Gasteiger partial charge is 0.477 e. The van der Waals surface area contributed by atoms with Crippen LogP contribution in [0.15, 0.2) is 22.9 Å². The Morgan fingerprint density at radius 2 is 2.00 bits per heavy atom. The van der Waals surface area contributed by atoms with Crippen molar-refractivity contribution in [3.8, 4) is 6.01 Å². The lowest BCUT2D eigenvalue weighted by molar-refractivity contribution is 0.0690. The zero-order valence-electron chi connectivity index (χ0n) is 20.1. The van der Waals surface area contributed by atoms with Crippen LogP contribution in [0, 0.1) is 0 Å². The Bertz CT molecular complexity index is 1150. The van der Waals surface area contributed by atoms with Gasteiger partial charge in [-0.05, 0) is 40.0 Å². The number of hydrogen-bond acceptors (Lipinski definition) is 7. The topological polar surface area (TPSA) is 125 Å². The van der Waals surface area contributed by atoms with Crippen molar-refractivity contribution in [2.75, 3.05) is 18.9 Å². The molecule has 3 aromatic rings. The van der Waals surface area contributed by atoms with Crippen LogP contribution in [0.3, 0.4) is 0 Å². The summed E-state index contributed by atoms with van der Waals surface area (Å²) >= 11 is 3.72. The van der Waals surface area contributed by atoms with Gasteiger partial charge in [0.25, 0.3) is 0 Å². The Hall–Kier alpha value is -2.50. The maximum atomic E-state index is 11.1. The van der Waals surface area contributed by atoms with Crippen LogP contribution >= 0.6 is 15.9 Å². The number of anilines is 1. The number of unbranched alkanes of at least 4 members (excludes halogenated alkanes) is 1. The zero-order valence-corrected chi connectivity index (χ0v) is 22.7. The molecule has 3 heterocycles. The summed E-state index contributed by atoms with van der Waals surface area (Å²) in [6, 6.07) is 4.54. The summed E-state index contributed by atoms with van der Waals surface area (Å²) in [5, 5.41) is 9.13. The first kappa shape index (κ1) is 26.1. The highest BCUT2D eigenvalue weighted by molar-refractivity contribution is 9.10. The second-order valence-electron chi connectivity index (χ2n) is 9.37. The molecule has 3 N–H and O–H groups in total. The van der Waals surface area contributed by atoms with Crippen LogP contribution in [0.25, 0.3) is 11.0 Å². The highest BCUT2D eigenvalue weighted by Gasteiger charge is 2.22.